The molecule has 4 aromatic rings. The van der Waals surface area contributed by atoms with E-state index in [1.54, 1.807) is 12.3 Å². The summed E-state index contributed by atoms with van der Waals surface area (Å²) < 4.78 is 48.4. The molecule has 0 saturated carbocycles. The summed E-state index contributed by atoms with van der Waals surface area (Å²) in [6.45, 7) is 11.5. The van der Waals surface area contributed by atoms with E-state index in [1.165, 1.54) is 14.2 Å². The highest BCUT2D eigenvalue weighted by atomic mass is 19.1. The van der Waals surface area contributed by atoms with E-state index in [9.17, 15) is 19.2 Å². The minimum absolute atomic E-state index is 0.0695. The molecule has 17 heteroatoms. The van der Waals surface area contributed by atoms with Crippen molar-refractivity contribution in [2.75, 3.05) is 33.9 Å². The number of rotatable bonds is 11. The molecule has 0 bridgehead atoms. The summed E-state index contributed by atoms with van der Waals surface area (Å²) in [7, 11) is 2.59. The number of aliphatic imine (C=N–C) groups is 2. The van der Waals surface area contributed by atoms with Crippen LogP contribution in [0.1, 0.15) is 121 Å². The minimum Gasteiger partial charge on any atom is -0.490 e. The number of likely N-dealkylation sites (tertiary alicyclic amines) is 2. The van der Waals surface area contributed by atoms with E-state index < -0.39 is 41.9 Å². The fraction of sp³-hybridized carbons (Fsp3) is 0.492. The molecule has 0 radical (unpaired) electrons. The molecule has 0 aliphatic carbocycles. The molecule has 3 saturated heterocycles. The molecule has 0 spiro atoms. The van der Waals surface area contributed by atoms with Crippen LogP contribution >= 0.6 is 0 Å². The second-order valence-corrected chi connectivity index (χ2v) is 22.4. The quantitative estimate of drug-likeness (QED) is 0.148. The number of carbonyl (C=O) groups is 4. The van der Waals surface area contributed by atoms with E-state index >= 15 is 4.39 Å². The molecule has 7 atom stereocenters. The molecular weight excluding hydrogens is 970 g/mol. The zero-order chi connectivity index (χ0) is 53.2. The molecule has 2 N–H and O–H groups in total. The van der Waals surface area contributed by atoms with Crippen LogP contribution in [0.25, 0.3) is 33.3 Å². The number of methoxy groups -OCH3 is 2. The summed E-state index contributed by atoms with van der Waals surface area (Å²) in [5, 5.41) is 6.50. The number of aryl methyl sites for hydroxylation is 1. The summed E-state index contributed by atoms with van der Waals surface area (Å²) in [5.41, 5.74) is 8.62. The number of aromatic nitrogens is 1. The highest BCUT2D eigenvalue weighted by Gasteiger charge is 2.44. The summed E-state index contributed by atoms with van der Waals surface area (Å²) >= 11 is 0. The maximum atomic E-state index is 17.2. The molecule has 1 aromatic heterocycles. The van der Waals surface area contributed by atoms with Crippen LogP contribution in [0.4, 0.5) is 14.0 Å². The number of carbonyl (C=O) groups excluding carboxylic acids is 4. The number of hydrogen-bond acceptors (Lipinski definition) is 11. The van der Waals surface area contributed by atoms with Gasteiger partial charge in [0.15, 0.2) is 0 Å². The smallest absolute Gasteiger partial charge is 0.407 e. The zero-order valence-electron chi connectivity index (χ0n) is 44.5. The van der Waals surface area contributed by atoms with E-state index in [0.29, 0.717) is 68.0 Å². The van der Waals surface area contributed by atoms with E-state index in [2.05, 4.69) is 58.5 Å². The number of ether oxygens (including phenoxy) is 5. The van der Waals surface area contributed by atoms with Crippen molar-refractivity contribution in [3.63, 3.8) is 0 Å². The third-order valence-corrected chi connectivity index (χ3v) is 16.6. The summed E-state index contributed by atoms with van der Waals surface area (Å²) in [5.74, 6) is 0.205. The fourth-order valence-corrected chi connectivity index (χ4v) is 12.7. The number of benzene rings is 3. The van der Waals surface area contributed by atoms with Crippen LogP contribution in [-0.4, -0.2) is 120 Å². The number of allylic oxidation sites excluding steroid dienone is 2. The van der Waals surface area contributed by atoms with Crippen LogP contribution in [-0.2, 0) is 30.2 Å². The number of halogens is 1. The third-order valence-electron chi connectivity index (χ3n) is 16.6. The van der Waals surface area contributed by atoms with Gasteiger partial charge in [-0.15, -0.1) is 0 Å². The van der Waals surface area contributed by atoms with Crippen molar-refractivity contribution >= 4 is 57.5 Å². The Kier molecular flexibility index (Phi) is 13.8. The number of hydrogen-bond donors (Lipinski definition) is 2. The first kappa shape index (κ1) is 51.1. The molecule has 4 unspecified atom stereocenters. The Hall–Kier alpha value is -7.01. The van der Waals surface area contributed by atoms with Crippen LogP contribution in [0.3, 0.4) is 0 Å². The lowest BCUT2D eigenvalue weighted by Crippen LogP contribution is -2.56. The Morgan fingerprint density at radius 2 is 1.46 bits per heavy atom. The highest BCUT2D eigenvalue weighted by molar-refractivity contribution is 6.06. The molecule has 4 amide bonds. The molecule has 76 heavy (non-hydrogen) atoms. The van der Waals surface area contributed by atoms with Gasteiger partial charge in [0.05, 0.1) is 54.8 Å². The number of fused-ring (bicyclic) bond motifs is 6. The second-order valence-electron chi connectivity index (χ2n) is 22.4. The Labute approximate surface area is 442 Å². The van der Waals surface area contributed by atoms with Gasteiger partial charge in [0.25, 0.3) is 0 Å². The molecule has 7 aliphatic heterocycles. The van der Waals surface area contributed by atoms with Crippen molar-refractivity contribution in [1.29, 1.82) is 0 Å². The van der Waals surface area contributed by atoms with Crippen molar-refractivity contribution < 1.29 is 47.3 Å². The number of nitrogens with zero attached hydrogens (tertiary/aromatic N) is 5. The zero-order valence-corrected chi connectivity index (χ0v) is 44.5. The molecule has 7 aliphatic rings. The van der Waals surface area contributed by atoms with Gasteiger partial charge in [0.1, 0.15) is 29.4 Å². The van der Waals surface area contributed by atoms with Crippen LogP contribution in [0.15, 0.2) is 77.0 Å². The van der Waals surface area contributed by atoms with Crippen LogP contribution < -0.4 is 20.1 Å². The van der Waals surface area contributed by atoms with Crippen molar-refractivity contribution in [2.24, 2.45) is 21.8 Å². The standard InChI is InChI=1S/C59H68FN7O9/c1-32(2)52(63-57(70)72-6)54(68)65-19-8-10-46(65)44-25-41(31-62-44)38-23-42(60)51-48-26-39-22-35(16-17-45(39)67(48)56(76-50(51)28-38)36-15-14-34-13-12-33(3)75-49(34)27-36)40-24-43(61-30-40)47-11-9-20-66(47)55(69)53(64-58(71)73-7)37-18-21-74-59(4,5)29-37/h14-17,22-23,26-28,30-33,37,46-47,52-53,56H,8-13,18-21,24-25,29H2,1-7H3,(H,63,70)(H,64,71)/t33?,37?,46-,47-,52-,53?,56?/m0/s1. The van der Waals surface area contributed by atoms with Gasteiger partial charge in [-0.05, 0) is 148 Å². The minimum atomic E-state index is -0.753. The summed E-state index contributed by atoms with van der Waals surface area (Å²) in [6, 6.07) is 16.0. The largest absolute Gasteiger partial charge is 0.490 e. The van der Waals surface area contributed by atoms with Crippen LogP contribution in [0, 0.1) is 17.7 Å². The highest BCUT2D eigenvalue weighted by Crippen LogP contribution is 2.48. The van der Waals surface area contributed by atoms with Crippen LogP contribution in [0.5, 0.6) is 11.5 Å². The first-order chi connectivity index (χ1) is 36.6. The van der Waals surface area contributed by atoms with Crippen molar-refractivity contribution in [1.82, 2.24) is 25.0 Å². The lowest BCUT2D eigenvalue weighted by Gasteiger charge is -2.40. The maximum absolute atomic E-state index is 17.2. The molecule has 3 fully saturated rings. The molecule has 16 nitrogen and oxygen atoms in total. The Balaban J connectivity index is 0.868. The third kappa shape index (κ3) is 9.64. The molecule has 8 heterocycles. The Bertz CT molecular complexity index is 3140. The SMILES string of the molecule is COC(=O)NC(C(=O)N1CCC[C@H]1C1=NC=C(c2ccc3c(c2)cc2n3C(c3ccc4c(c3)OC(C)CC4)Oc3cc(C4=CN=C([C@@H]5CCCN5C(=O)[C@@H](NC(=O)OC)C(C)C)C4)cc(F)c3-2)C1)C1CCOC(C)(C)C1. The first-order valence-corrected chi connectivity index (χ1v) is 27.0. The van der Waals surface area contributed by atoms with Gasteiger partial charge in [0, 0.05) is 67.3 Å². The van der Waals surface area contributed by atoms with Crippen LogP contribution in [0.2, 0.25) is 0 Å². The number of nitrogens with one attached hydrogen (secondary N) is 2. The predicted octanol–water partition coefficient (Wildman–Crippen LogP) is 9.76. The van der Waals surface area contributed by atoms with Crippen molar-refractivity contribution in [3.05, 3.63) is 95.1 Å². The van der Waals surface area contributed by atoms with Gasteiger partial charge in [-0.1, -0.05) is 32.0 Å². The van der Waals surface area contributed by atoms with Crippen molar-refractivity contribution in [2.45, 2.75) is 141 Å². The number of alkyl carbamates (subject to hydrolysis) is 2. The monoisotopic (exact) mass is 1040 g/mol. The molecular formula is C59H68FN7O9. The van der Waals surface area contributed by atoms with Gasteiger partial charge < -0.3 is 48.7 Å². The number of amides is 4. The normalized spacial score (nSPS) is 24.2. The molecule has 400 valence electrons. The lowest BCUT2D eigenvalue weighted by molar-refractivity contribution is -0.138. The van der Waals surface area contributed by atoms with Gasteiger partial charge >= 0.3 is 12.2 Å². The Morgan fingerprint density at radius 1 is 0.776 bits per heavy atom. The average Bonchev–Trinajstić information content (AvgIpc) is 4.29. The first-order valence-electron chi connectivity index (χ1n) is 27.0. The molecule has 3 aromatic carbocycles. The van der Waals surface area contributed by atoms with E-state index in [0.717, 1.165) is 94.4 Å². The maximum Gasteiger partial charge on any atom is 0.407 e. The van der Waals surface area contributed by atoms with Gasteiger partial charge in [-0.25, -0.2) is 14.0 Å². The molecule has 11 rings (SSSR count). The summed E-state index contributed by atoms with van der Waals surface area (Å²) in [6.07, 6.45) is 8.98. The van der Waals surface area contributed by atoms with Gasteiger partial charge in [-0.3, -0.25) is 19.6 Å². The predicted molar refractivity (Wildman–Crippen MR) is 287 cm³/mol. The average molecular weight is 1040 g/mol. The van der Waals surface area contributed by atoms with E-state index in [1.807, 2.05) is 55.8 Å². The second kappa shape index (κ2) is 20.5. The van der Waals surface area contributed by atoms with Crippen molar-refractivity contribution in [3.8, 4) is 22.8 Å². The van der Waals surface area contributed by atoms with E-state index in [4.69, 9.17) is 33.7 Å². The van der Waals surface area contributed by atoms with Gasteiger partial charge in [-0.2, -0.15) is 0 Å². The van der Waals surface area contributed by atoms with E-state index in [-0.39, 0.29) is 41.8 Å². The Morgan fingerprint density at radius 3 is 2.14 bits per heavy atom. The topological polar surface area (TPSA) is 175 Å². The fourth-order valence-electron chi connectivity index (χ4n) is 12.7. The lowest BCUT2D eigenvalue weighted by atomic mass is 9.82. The summed E-state index contributed by atoms with van der Waals surface area (Å²) in [4.78, 5) is 66.8. The van der Waals surface area contributed by atoms with Gasteiger partial charge in [0.2, 0.25) is 18.0 Å².